The summed E-state index contributed by atoms with van der Waals surface area (Å²) >= 11 is 0. The molecule has 0 bridgehead atoms. The smallest absolute Gasteiger partial charge is 0.233 e. The molecule has 4 nitrogen and oxygen atoms in total. The summed E-state index contributed by atoms with van der Waals surface area (Å²) in [5, 5.41) is 8.96. The van der Waals surface area contributed by atoms with Crippen LogP contribution >= 0.6 is 0 Å². The van der Waals surface area contributed by atoms with Gasteiger partial charge in [-0.2, -0.15) is 0 Å². The van der Waals surface area contributed by atoms with Gasteiger partial charge in [0.05, 0.1) is 0 Å². The predicted molar refractivity (Wildman–Crippen MR) is 60.6 cm³/mol. The average Bonchev–Trinajstić information content (AvgIpc) is 2.41. The molecule has 1 aliphatic rings. The standard InChI is InChI=1S/C12H21NO3/c1-8(2)9-7-10(15)13(11(9)16)12(3,4)5-6-14/h8-9,14H,5-7H2,1-4H3. The van der Waals surface area contributed by atoms with Gasteiger partial charge in [0.2, 0.25) is 11.8 Å². The van der Waals surface area contributed by atoms with E-state index in [1.165, 1.54) is 4.90 Å². The van der Waals surface area contributed by atoms with Crippen molar-refractivity contribution in [1.29, 1.82) is 0 Å². The van der Waals surface area contributed by atoms with Crippen molar-refractivity contribution < 1.29 is 14.7 Å². The number of amides is 2. The molecule has 1 atom stereocenters. The second-order valence-corrected chi connectivity index (χ2v) is 5.41. The summed E-state index contributed by atoms with van der Waals surface area (Å²) in [5.74, 6) is -0.197. The molecule has 1 heterocycles. The zero-order chi connectivity index (χ0) is 12.5. The van der Waals surface area contributed by atoms with Crippen LogP contribution in [0.4, 0.5) is 0 Å². The normalized spacial score (nSPS) is 22.4. The third-order valence-electron chi connectivity index (χ3n) is 3.32. The molecular weight excluding hydrogens is 206 g/mol. The third kappa shape index (κ3) is 2.26. The van der Waals surface area contributed by atoms with Gasteiger partial charge in [0.15, 0.2) is 0 Å². The second-order valence-electron chi connectivity index (χ2n) is 5.41. The van der Waals surface area contributed by atoms with Crippen molar-refractivity contribution in [3.8, 4) is 0 Å². The Morgan fingerprint density at radius 3 is 2.38 bits per heavy atom. The Morgan fingerprint density at radius 2 is 2.00 bits per heavy atom. The van der Waals surface area contributed by atoms with Crippen LogP contribution in [0.3, 0.4) is 0 Å². The van der Waals surface area contributed by atoms with Gasteiger partial charge in [0.25, 0.3) is 0 Å². The summed E-state index contributed by atoms with van der Waals surface area (Å²) in [5.41, 5.74) is -0.577. The molecule has 0 saturated carbocycles. The van der Waals surface area contributed by atoms with E-state index < -0.39 is 5.54 Å². The lowest BCUT2D eigenvalue weighted by Crippen LogP contribution is -2.48. The fraction of sp³-hybridized carbons (Fsp3) is 0.833. The van der Waals surface area contributed by atoms with Crippen LogP contribution in [0.2, 0.25) is 0 Å². The van der Waals surface area contributed by atoms with Crippen molar-refractivity contribution in [1.82, 2.24) is 4.90 Å². The fourth-order valence-electron chi connectivity index (χ4n) is 2.20. The Hall–Kier alpha value is -0.900. The Kier molecular flexibility index (Phi) is 3.73. The monoisotopic (exact) mass is 227 g/mol. The Labute approximate surface area is 96.6 Å². The lowest BCUT2D eigenvalue weighted by atomic mass is 9.94. The molecular formula is C12H21NO3. The molecule has 2 amide bonds. The molecule has 1 saturated heterocycles. The maximum Gasteiger partial charge on any atom is 0.233 e. The second kappa shape index (κ2) is 4.53. The number of likely N-dealkylation sites (tertiary alicyclic amines) is 1. The van der Waals surface area contributed by atoms with E-state index in [4.69, 9.17) is 5.11 Å². The minimum Gasteiger partial charge on any atom is -0.396 e. The van der Waals surface area contributed by atoms with Crippen LogP contribution in [0.15, 0.2) is 0 Å². The lowest BCUT2D eigenvalue weighted by Gasteiger charge is -2.34. The van der Waals surface area contributed by atoms with Gasteiger partial charge < -0.3 is 5.11 Å². The van der Waals surface area contributed by atoms with Gasteiger partial charge in [0.1, 0.15) is 0 Å². The maximum absolute atomic E-state index is 12.1. The number of rotatable bonds is 4. The number of nitrogens with zero attached hydrogens (tertiary/aromatic N) is 1. The van der Waals surface area contributed by atoms with Crippen LogP contribution in [-0.2, 0) is 9.59 Å². The first kappa shape index (κ1) is 13.2. The van der Waals surface area contributed by atoms with Crippen LogP contribution in [0.5, 0.6) is 0 Å². The van der Waals surface area contributed by atoms with Crippen molar-refractivity contribution in [2.75, 3.05) is 6.61 Å². The van der Waals surface area contributed by atoms with E-state index in [0.717, 1.165) is 0 Å². The molecule has 1 unspecified atom stereocenters. The summed E-state index contributed by atoms with van der Waals surface area (Å²) in [6.07, 6.45) is 0.737. The van der Waals surface area contributed by atoms with Crippen LogP contribution in [0.25, 0.3) is 0 Å². The summed E-state index contributed by atoms with van der Waals surface area (Å²) in [7, 11) is 0. The van der Waals surface area contributed by atoms with E-state index in [1.54, 1.807) is 0 Å². The van der Waals surface area contributed by atoms with Crippen molar-refractivity contribution in [2.45, 2.75) is 46.1 Å². The van der Waals surface area contributed by atoms with Gasteiger partial charge in [-0.1, -0.05) is 13.8 Å². The minimum absolute atomic E-state index is 0.0175. The van der Waals surface area contributed by atoms with Crippen LogP contribution < -0.4 is 0 Å². The first-order valence-electron chi connectivity index (χ1n) is 5.79. The Morgan fingerprint density at radius 1 is 1.44 bits per heavy atom. The average molecular weight is 227 g/mol. The number of carbonyl (C=O) groups excluding carboxylic acids is 2. The summed E-state index contributed by atoms with van der Waals surface area (Å²) < 4.78 is 0. The summed E-state index contributed by atoms with van der Waals surface area (Å²) in [4.78, 5) is 25.3. The zero-order valence-corrected chi connectivity index (χ0v) is 10.5. The number of carbonyl (C=O) groups is 2. The van der Waals surface area contributed by atoms with Crippen LogP contribution in [0, 0.1) is 11.8 Å². The molecule has 0 spiro atoms. The molecule has 1 fully saturated rings. The van der Waals surface area contributed by atoms with E-state index >= 15 is 0 Å². The third-order valence-corrected chi connectivity index (χ3v) is 3.32. The zero-order valence-electron chi connectivity index (χ0n) is 10.5. The highest BCUT2D eigenvalue weighted by molar-refractivity contribution is 6.04. The number of aliphatic hydroxyl groups excluding tert-OH is 1. The lowest BCUT2D eigenvalue weighted by molar-refractivity contribution is -0.146. The van der Waals surface area contributed by atoms with E-state index in [1.807, 2.05) is 27.7 Å². The van der Waals surface area contributed by atoms with E-state index in [2.05, 4.69) is 0 Å². The molecule has 0 aliphatic carbocycles. The summed E-state index contributed by atoms with van der Waals surface area (Å²) in [6.45, 7) is 7.54. The number of hydrogen-bond acceptors (Lipinski definition) is 3. The summed E-state index contributed by atoms with van der Waals surface area (Å²) in [6, 6.07) is 0. The van der Waals surface area contributed by atoms with Crippen molar-refractivity contribution in [3.05, 3.63) is 0 Å². The van der Waals surface area contributed by atoms with Crippen molar-refractivity contribution in [3.63, 3.8) is 0 Å². The quantitative estimate of drug-likeness (QED) is 0.734. The minimum atomic E-state index is -0.577. The van der Waals surface area contributed by atoms with E-state index in [9.17, 15) is 9.59 Å². The van der Waals surface area contributed by atoms with Crippen LogP contribution in [0.1, 0.15) is 40.5 Å². The molecule has 0 radical (unpaired) electrons. The Balaban J connectivity index is 2.90. The highest BCUT2D eigenvalue weighted by Gasteiger charge is 2.46. The Bertz CT molecular complexity index is 297. The number of imide groups is 1. The molecule has 0 aromatic carbocycles. The molecule has 16 heavy (non-hydrogen) atoms. The van der Waals surface area contributed by atoms with Crippen molar-refractivity contribution in [2.24, 2.45) is 11.8 Å². The molecule has 1 N–H and O–H groups in total. The van der Waals surface area contributed by atoms with E-state index in [0.29, 0.717) is 12.8 Å². The molecule has 1 aliphatic heterocycles. The highest BCUT2D eigenvalue weighted by Crippen LogP contribution is 2.32. The van der Waals surface area contributed by atoms with E-state index in [-0.39, 0.29) is 30.3 Å². The van der Waals surface area contributed by atoms with Gasteiger partial charge in [0, 0.05) is 24.5 Å². The van der Waals surface area contributed by atoms with Gasteiger partial charge in [-0.05, 0) is 26.2 Å². The van der Waals surface area contributed by atoms with Crippen LogP contribution in [-0.4, -0.2) is 34.0 Å². The topological polar surface area (TPSA) is 57.6 Å². The number of hydrogen-bond donors (Lipinski definition) is 1. The maximum atomic E-state index is 12.1. The fourth-order valence-corrected chi connectivity index (χ4v) is 2.20. The first-order valence-corrected chi connectivity index (χ1v) is 5.79. The molecule has 4 heteroatoms. The van der Waals surface area contributed by atoms with Gasteiger partial charge >= 0.3 is 0 Å². The molecule has 92 valence electrons. The molecule has 1 rings (SSSR count). The highest BCUT2D eigenvalue weighted by atomic mass is 16.3. The molecule has 0 aromatic heterocycles. The first-order chi connectivity index (χ1) is 7.31. The van der Waals surface area contributed by atoms with Gasteiger partial charge in [-0.3, -0.25) is 14.5 Å². The molecule has 0 aromatic rings. The predicted octanol–water partition coefficient (Wildman–Crippen LogP) is 1.18. The number of aliphatic hydroxyl groups is 1. The SMILES string of the molecule is CC(C)C1CC(=O)N(C(C)(C)CCO)C1=O. The largest absolute Gasteiger partial charge is 0.396 e. The van der Waals surface area contributed by atoms with Gasteiger partial charge in [-0.15, -0.1) is 0 Å². The van der Waals surface area contributed by atoms with Crippen molar-refractivity contribution >= 4 is 11.8 Å². The van der Waals surface area contributed by atoms with Gasteiger partial charge in [-0.25, -0.2) is 0 Å².